The van der Waals surface area contributed by atoms with E-state index >= 15 is 0 Å². The Morgan fingerprint density at radius 1 is 1.21 bits per heavy atom. The summed E-state index contributed by atoms with van der Waals surface area (Å²) in [6.07, 6.45) is 0. The number of hydrogen-bond acceptors (Lipinski definition) is 3. The number of rotatable bonds is 0. The second kappa shape index (κ2) is 2.90. The summed E-state index contributed by atoms with van der Waals surface area (Å²) >= 11 is 0. The van der Waals surface area contributed by atoms with E-state index in [1.165, 1.54) is 6.07 Å². The molecule has 2 aromatic rings. The quantitative estimate of drug-likeness (QED) is 0.621. The fraction of sp³-hybridized carbons (Fsp3) is 0.300. The molecule has 2 heterocycles. The highest BCUT2D eigenvalue weighted by atomic mass is 16.1. The number of nitrogens with zero attached hydrogens (tertiary/aromatic N) is 3. The molecule has 0 saturated carbocycles. The van der Waals surface area contributed by atoms with E-state index in [4.69, 9.17) is 0 Å². The van der Waals surface area contributed by atoms with Gasteiger partial charge in [0, 0.05) is 11.8 Å². The van der Waals surface area contributed by atoms with E-state index in [9.17, 15) is 4.79 Å². The Labute approximate surface area is 81.2 Å². The van der Waals surface area contributed by atoms with Crippen molar-refractivity contribution in [3.8, 4) is 0 Å². The van der Waals surface area contributed by atoms with Crippen LogP contribution in [0.4, 0.5) is 0 Å². The van der Waals surface area contributed by atoms with Crippen molar-refractivity contribution in [3.63, 3.8) is 0 Å². The number of aryl methyl sites for hydroxylation is 3. The molecular formula is C10H11N3O. The van der Waals surface area contributed by atoms with Crippen LogP contribution in [-0.4, -0.2) is 14.6 Å². The average molecular weight is 189 g/mol. The van der Waals surface area contributed by atoms with Crippen LogP contribution < -0.4 is 5.56 Å². The van der Waals surface area contributed by atoms with Crippen LogP contribution in [0.1, 0.15) is 17.0 Å². The predicted molar refractivity (Wildman–Crippen MR) is 53.5 cm³/mol. The van der Waals surface area contributed by atoms with Gasteiger partial charge in [-0.3, -0.25) is 4.79 Å². The first kappa shape index (κ1) is 8.87. The van der Waals surface area contributed by atoms with Gasteiger partial charge < -0.3 is 0 Å². The van der Waals surface area contributed by atoms with Crippen LogP contribution in [0.15, 0.2) is 16.9 Å². The zero-order valence-electron chi connectivity index (χ0n) is 8.40. The van der Waals surface area contributed by atoms with Gasteiger partial charge in [-0.25, -0.2) is 4.52 Å². The Kier molecular flexibility index (Phi) is 1.84. The second-order valence-corrected chi connectivity index (χ2v) is 3.42. The van der Waals surface area contributed by atoms with Crippen molar-refractivity contribution in [2.24, 2.45) is 0 Å². The lowest BCUT2D eigenvalue weighted by atomic mass is 10.2. The van der Waals surface area contributed by atoms with Gasteiger partial charge in [0.1, 0.15) is 0 Å². The highest BCUT2D eigenvalue weighted by Crippen LogP contribution is 2.06. The van der Waals surface area contributed by atoms with Crippen molar-refractivity contribution in [2.45, 2.75) is 20.8 Å². The lowest BCUT2D eigenvalue weighted by molar-refractivity contribution is 0.825. The Morgan fingerprint density at radius 3 is 2.64 bits per heavy atom. The summed E-state index contributed by atoms with van der Waals surface area (Å²) < 4.78 is 1.68. The van der Waals surface area contributed by atoms with E-state index in [1.54, 1.807) is 4.52 Å². The molecule has 0 amide bonds. The molecule has 72 valence electrons. The molecule has 14 heavy (non-hydrogen) atoms. The highest BCUT2D eigenvalue weighted by molar-refractivity contribution is 5.41. The normalized spacial score (nSPS) is 10.8. The van der Waals surface area contributed by atoms with E-state index < -0.39 is 0 Å². The maximum absolute atomic E-state index is 11.1. The Balaban J connectivity index is 2.96. The summed E-state index contributed by atoms with van der Waals surface area (Å²) in [6.45, 7) is 5.74. The minimum absolute atomic E-state index is 0.215. The van der Waals surface area contributed by atoms with E-state index in [0.717, 1.165) is 17.0 Å². The molecule has 4 nitrogen and oxygen atoms in total. The van der Waals surface area contributed by atoms with Crippen molar-refractivity contribution < 1.29 is 0 Å². The molecule has 0 bridgehead atoms. The van der Waals surface area contributed by atoms with Gasteiger partial charge in [0.2, 0.25) is 0 Å². The van der Waals surface area contributed by atoms with Gasteiger partial charge in [-0.1, -0.05) is 0 Å². The minimum atomic E-state index is -0.215. The van der Waals surface area contributed by atoms with E-state index in [-0.39, 0.29) is 5.56 Å². The average Bonchev–Trinajstić information content (AvgIpc) is 2.08. The van der Waals surface area contributed by atoms with Gasteiger partial charge in [-0.05, 0) is 32.4 Å². The zero-order chi connectivity index (χ0) is 10.3. The van der Waals surface area contributed by atoms with Crippen molar-refractivity contribution in [1.29, 1.82) is 0 Å². The summed E-state index contributed by atoms with van der Waals surface area (Å²) in [5.41, 5.74) is 3.20. The van der Waals surface area contributed by atoms with Gasteiger partial charge in [-0.15, -0.1) is 0 Å². The van der Waals surface area contributed by atoms with Crippen molar-refractivity contribution >= 4 is 5.65 Å². The molecular weight excluding hydrogens is 178 g/mol. The van der Waals surface area contributed by atoms with Crippen molar-refractivity contribution in [1.82, 2.24) is 14.6 Å². The molecule has 0 aromatic carbocycles. The lowest BCUT2D eigenvalue weighted by Gasteiger charge is -2.05. The maximum atomic E-state index is 11.1. The van der Waals surface area contributed by atoms with Crippen molar-refractivity contribution in [2.75, 3.05) is 0 Å². The van der Waals surface area contributed by atoms with E-state index in [1.807, 2.05) is 26.8 Å². The molecule has 0 radical (unpaired) electrons. The Morgan fingerprint density at radius 2 is 1.93 bits per heavy atom. The predicted octanol–water partition coefficient (Wildman–Crippen LogP) is 1.01. The van der Waals surface area contributed by atoms with Gasteiger partial charge >= 0.3 is 0 Å². The smallest absolute Gasteiger partial charge is 0.267 e. The third kappa shape index (κ3) is 1.28. The largest absolute Gasteiger partial charge is 0.273 e. The van der Waals surface area contributed by atoms with Crippen LogP contribution in [0.2, 0.25) is 0 Å². The summed E-state index contributed by atoms with van der Waals surface area (Å²) in [5, 5.41) is 4.33. The highest BCUT2D eigenvalue weighted by Gasteiger charge is 2.02. The second-order valence-electron chi connectivity index (χ2n) is 3.42. The van der Waals surface area contributed by atoms with E-state index in [2.05, 4.69) is 10.1 Å². The number of fused-ring (bicyclic) bond motifs is 1. The van der Waals surface area contributed by atoms with E-state index in [0.29, 0.717) is 5.65 Å². The first-order valence-corrected chi connectivity index (χ1v) is 4.43. The first-order valence-electron chi connectivity index (χ1n) is 4.43. The van der Waals surface area contributed by atoms with Gasteiger partial charge in [-0.2, -0.15) is 10.1 Å². The summed E-state index contributed by atoms with van der Waals surface area (Å²) in [5.74, 6) is 0. The zero-order valence-corrected chi connectivity index (χ0v) is 8.40. The number of hydrogen-bond donors (Lipinski definition) is 0. The fourth-order valence-corrected chi connectivity index (χ4v) is 1.36. The van der Waals surface area contributed by atoms with Crippen LogP contribution in [0.25, 0.3) is 5.65 Å². The molecule has 0 atom stereocenters. The van der Waals surface area contributed by atoms with Gasteiger partial charge in [0.25, 0.3) is 5.56 Å². The Bertz CT molecular complexity index is 557. The maximum Gasteiger partial charge on any atom is 0.273 e. The molecule has 2 aromatic heterocycles. The molecule has 0 spiro atoms. The standard InChI is InChI=1S/C10H11N3O/c1-6-4-9-11-10(14)5-7(2)13(9)12-8(6)3/h4-5H,1-3H3. The monoisotopic (exact) mass is 189 g/mol. The fourth-order valence-electron chi connectivity index (χ4n) is 1.36. The van der Waals surface area contributed by atoms with Crippen LogP contribution >= 0.6 is 0 Å². The molecule has 0 aliphatic heterocycles. The van der Waals surface area contributed by atoms with Gasteiger partial charge in [0.15, 0.2) is 5.65 Å². The molecule has 0 fully saturated rings. The molecule has 0 N–H and O–H groups in total. The minimum Gasteiger partial charge on any atom is -0.267 e. The van der Waals surface area contributed by atoms with Crippen LogP contribution in [0.5, 0.6) is 0 Å². The van der Waals surface area contributed by atoms with Crippen LogP contribution in [0.3, 0.4) is 0 Å². The molecule has 0 unspecified atom stereocenters. The number of aromatic nitrogens is 3. The molecule has 4 heteroatoms. The first-order chi connectivity index (χ1) is 6.58. The van der Waals surface area contributed by atoms with Gasteiger partial charge in [0.05, 0.1) is 5.69 Å². The SMILES string of the molecule is Cc1cc2nc(=O)cc(C)n2nc1C. The summed E-state index contributed by atoms with van der Waals surface area (Å²) in [6, 6.07) is 3.35. The molecule has 0 saturated heterocycles. The Hall–Kier alpha value is -1.71. The molecule has 2 rings (SSSR count). The van der Waals surface area contributed by atoms with Crippen LogP contribution in [0, 0.1) is 20.8 Å². The van der Waals surface area contributed by atoms with Crippen LogP contribution in [-0.2, 0) is 0 Å². The molecule has 0 aliphatic rings. The molecule has 0 aliphatic carbocycles. The van der Waals surface area contributed by atoms with Crippen molar-refractivity contribution in [3.05, 3.63) is 39.4 Å². The topological polar surface area (TPSA) is 47.3 Å². The third-order valence-corrected chi connectivity index (χ3v) is 2.27. The third-order valence-electron chi connectivity index (χ3n) is 2.27. The lowest BCUT2D eigenvalue weighted by Crippen LogP contribution is -2.13. The summed E-state index contributed by atoms with van der Waals surface area (Å²) in [7, 11) is 0. The summed E-state index contributed by atoms with van der Waals surface area (Å²) in [4.78, 5) is 15.0.